The fraction of sp³-hybridized carbons (Fsp3) is 0.643. The second-order valence-electron chi connectivity index (χ2n) is 5.52. The third-order valence-electron chi connectivity index (χ3n) is 3.74. The van der Waals surface area contributed by atoms with Gasteiger partial charge in [-0.25, -0.2) is 4.98 Å². The molecule has 0 radical (unpaired) electrons. The number of aliphatic hydroxyl groups excluding tert-OH is 1. The van der Waals surface area contributed by atoms with Gasteiger partial charge >= 0.3 is 0 Å². The van der Waals surface area contributed by atoms with Crippen molar-refractivity contribution in [2.75, 3.05) is 20.6 Å². The average Bonchev–Trinajstić information content (AvgIpc) is 2.48. The van der Waals surface area contributed by atoms with Crippen molar-refractivity contribution < 1.29 is 14.6 Å². The van der Waals surface area contributed by atoms with Crippen LogP contribution in [0.15, 0.2) is 18.6 Å². The molecule has 1 aliphatic rings. The molecule has 21 heavy (non-hydrogen) atoms. The summed E-state index contributed by atoms with van der Waals surface area (Å²) in [7, 11) is 3.86. The first-order valence-corrected chi connectivity index (χ1v) is 7.03. The van der Waals surface area contributed by atoms with Crippen LogP contribution in [0.2, 0.25) is 0 Å². The number of likely N-dealkylation sites (N-methyl/N-ethyl adjacent to an activating group) is 1. The van der Waals surface area contributed by atoms with Gasteiger partial charge in [0, 0.05) is 25.0 Å². The Balaban J connectivity index is 1.90. The van der Waals surface area contributed by atoms with E-state index in [1.807, 2.05) is 25.9 Å². The van der Waals surface area contributed by atoms with Crippen LogP contribution in [0.1, 0.15) is 23.8 Å². The minimum absolute atomic E-state index is 0.0205. The predicted molar refractivity (Wildman–Crippen MR) is 76.8 cm³/mol. The van der Waals surface area contributed by atoms with E-state index in [0.717, 1.165) is 0 Å². The normalized spacial score (nSPS) is 29.4. The summed E-state index contributed by atoms with van der Waals surface area (Å²) in [4.78, 5) is 21.7. The summed E-state index contributed by atoms with van der Waals surface area (Å²) < 4.78 is 5.74. The Morgan fingerprint density at radius 2 is 2.29 bits per heavy atom. The maximum atomic E-state index is 11.9. The summed E-state index contributed by atoms with van der Waals surface area (Å²) in [5.41, 5.74) is 0.283. The Morgan fingerprint density at radius 1 is 1.52 bits per heavy atom. The molecule has 1 aromatic rings. The summed E-state index contributed by atoms with van der Waals surface area (Å²) in [6, 6.07) is 0.0205. The van der Waals surface area contributed by atoms with Crippen molar-refractivity contribution in [3.63, 3.8) is 0 Å². The number of hydrogen-bond donors (Lipinski definition) is 2. The largest absolute Gasteiger partial charge is 0.389 e. The zero-order valence-corrected chi connectivity index (χ0v) is 12.6. The second-order valence-corrected chi connectivity index (χ2v) is 5.52. The van der Waals surface area contributed by atoms with Crippen molar-refractivity contribution in [3.8, 4) is 0 Å². The molecule has 0 spiro atoms. The van der Waals surface area contributed by atoms with Gasteiger partial charge in [0.25, 0.3) is 5.91 Å². The van der Waals surface area contributed by atoms with Crippen LogP contribution in [-0.2, 0) is 4.74 Å². The van der Waals surface area contributed by atoms with Gasteiger partial charge in [0.15, 0.2) is 0 Å². The van der Waals surface area contributed by atoms with Gasteiger partial charge in [-0.3, -0.25) is 9.78 Å². The van der Waals surface area contributed by atoms with Gasteiger partial charge in [0.2, 0.25) is 0 Å². The van der Waals surface area contributed by atoms with Crippen molar-refractivity contribution in [1.82, 2.24) is 20.2 Å². The van der Waals surface area contributed by atoms with E-state index in [-0.39, 0.29) is 29.9 Å². The zero-order chi connectivity index (χ0) is 15.4. The Labute approximate surface area is 124 Å². The van der Waals surface area contributed by atoms with Crippen LogP contribution in [0.3, 0.4) is 0 Å². The molecule has 2 N–H and O–H groups in total. The highest BCUT2D eigenvalue weighted by molar-refractivity contribution is 5.91. The van der Waals surface area contributed by atoms with Crippen LogP contribution in [-0.4, -0.2) is 70.9 Å². The van der Waals surface area contributed by atoms with Gasteiger partial charge in [-0.1, -0.05) is 0 Å². The maximum absolute atomic E-state index is 11.9. The lowest BCUT2D eigenvalue weighted by Crippen LogP contribution is -2.54. The third kappa shape index (κ3) is 3.96. The van der Waals surface area contributed by atoms with Gasteiger partial charge in [0.1, 0.15) is 5.69 Å². The van der Waals surface area contributed by atoms with Gasteiger partial charge in [-0.05, 0) is 27.4 Å². The number of nitrogens with zero attached hydrogens (tertiary/aromatic N) is 3. The average molecular weight is 294 g/mol. The predicted octanol–water partition coefficient (Wildman–Crippen LogP) is -0.325. The fourth-order valence-corrected chi connectivity index (χ4v) is 2.52. The van der Waals surface area contributed by atoms with Crippen molar-refractivity contribution in [2.45, 2.75) is 37.7 Å². The molecule has 2 heterocycles. The lowest BCUT2D eigenvalue weighted by atomic mass is 9.95. The molecule has 0 aliphatic carbocycles. The van der Waals surface area contributed by atoms with Crippen molar-refractivity contribution >= 4 is 5.91 Å². The van der Waals surface area contributed by atoms with Gasteiger partial charge in [-0.2, -0.15) is 0 Å². The molecule has 1 aromatic heterocycles. The van der Waals surface area contributed by atoms with Crippen molar-refractivity contribution in [3.05, 3.63) is 24.3 Å². The van der Waals surface area contributed by atoms with Crippen LogP contribution in [0.25, 0.3) is 0 Å². The highest BCUT2D eigenvalue weighted by atomic mass is 16.5. The molecule has 0 saturated carbocycles. The molecule has 7 heteroatoms. The molecular weight excluding hydrogens is 272 g/mol. The minimum atomic E-state index is -0.521. The number of nitrogens with one attached hydrogen (secondary N) is 1. The lowest BCUT2D eigenvalue weighted by molar-refractivity contribution is -0.138. The molecule has 0 bridgehead atoms. The smallest absolute Gasteiger partial charge is 0.271 e. The number of hydrogen-bond acceptors (Lipinski definition) is 6. The van der Waals surface area contributed by atoms with Gasteiger partial charge in [0.05, 0.1) is 24.5 Å². The first-order chi connectivity index (χ1) is 9.99. The second kappa shape index (κ2) is 6.93. The van der Waals surface area contributed by atoms with E-state index in [1.165, 1.54) is 18.6 Å². The number of carbonyl (C=O) groups is 1. The molecule has 0 aromatic carbocycles. The molecule has 116 valence electrons. The molecule has 2 rings (SSSR count). The van der Waals surface area contributed by atoms with Crippen LogP contribution in [0.5, 0.6) is 0 Å². The standard InChI is InChI=1S/C14H22N4O3/c1-9-13(19)12(18(2)3)6-10(21-9)7-17-14(20)11-8-15-4-5-16-11/h4-5,8-10,12-13,19H,6-7H2,1-3H3,(H,17,20)/t9-,10-,12?,13?/m0/s1. The first-order valence-electron chi connectivity index (χ1n) is 7.03. The summed E-state index contributed by atoms with van der Waals surface area (Å²) in [6.45, 7) is 2.23. The number of ether oxygens (including phenoxy) is 1. The van der Waals surface area contributed by atoms with E-state index >= 15 is 0 Å². The van der Waals surface area contributed by atoms with Gasteiger partial charge < -0.3 is 20.1 Å². The van der Waals surface area contributed by atoms with E-state index in [9.17, 15) is 9.90 Å². The molecule has 7 nitrogen and oxygen atoms in total. The maximum Gasteiger partial charge on any atom is 0.271 e. The molecule has 1 fully saturated rings. The van der Waals surface area contributed by atoms with E-state index < -0.39 is 6.10 Å². The number of aliphatic hydroxyl groups is 1. The number of carbonyl (C=O) groups excluding carboxylic acids is 1. The van der Waals surface area contributed by atoms with Crippen LogP contribution < -0.4 is 5.32 Å². The van der Waals surface area contributed by atoms with E-state index in [0.29, 0.717) is 13.0 Å². The first kappa shape index (κ1) is 15.8. The van der Waals surface area contributed by atoms with Crippen LogP contribution >= 0.6 is 0 Å². The molecule has 1 amide bonds. The fourth-order valence-electron chi connectivity index (χ4n) is 2.52. The quantitative estimate of drug-likeness (QED) is 0.791. The molecule has 2 unspecified atom stereocenters. The van der Waals surface area contributed by atoms with Crippen LogP contribution in [0.4, 0.5) is 0 Å². The van der Waals surface area contributed by atoms with Gasteiger partial charge in [-0.15, -0.1) is 0 Å². The molecule has 1 saturated heterocycles. The molecular formula is C14H22N4O3. The molecule has 4 atom stereocenters. The Bertz CT molecular complexity index is 469. The topological polar surface area (TPSA) is 87.6 Å². The summed E-state index contributed by atoms with van der Waals surface area (Å²) >= 11 is 0. The lowest BCUT2D eigenvalue weighted by Gasteiger charge is -2.41. The van der Waals surface area contributed by atoms with E-state index in [4.69, 9.17) is 4.74 Å². The summed E-state index contributed by atoms with van der Waals surface area (Å²) in [6.07, 6.45) is 4.18. The third-order valence-corrected chi connectivity index (χ3v) is 3.74. The SMILES string of the molecule is C[C@@H]1O[C@H](CNC(=O)c2cnccn2)CC(N(C)C)C1O. The summed E-state index contributed by atoms with van der Waals surface area (Å²) in [5.74, 6) is -0.271. The molecule has 1 aliphatic heterocycles. The Morgan fingerprint density at radius 3 is 2.90 bits per heavy atom. The number of rotatable bonds is 4. The highest BCUT2D eigenvalue weighted by Crippen LogP contribution is 2.22. The summed E-state index contributed by atoms with van der Waals surface area (Å²) in [5, 5.41) is 12.9. The number of aromatic nitrogens is 2. The van der Waals surface area contributed by atoms with E-state index in [2.05, 4.69) is 15.3 Å². The zero-order valence-electron chi connectivity index (χ0n) is 12.6. The minimum Gasteiger partial charge on any atom is -0.389 e. The van der Waals surface area contributed by atoms with Crippen LogP contribution in [0, 0.1) is 0 Å². The van der Waals surface area contributed by atoms with Crippen molar-refractivity contribution in [2.24, 2.45) is 0 Å². The van der Waals surface area contributed by atoms with E-state index in [1.54, 1.807) is 0 Å². The Hall–Kier alpha value is -1.57. The monoisotopic (exact) mass is 294 g/mol. The Kier molecular flexibility index (Phi) is 5.22. The van der Waals surface area contributed by atoms with Crippen molar-refractivity contribution in [1.29, 1.82) is 0 Å². The highest BCUT2D eigenvalue weighted by Gasteiger charge is 2.36. The number of amides is 1.